The number of nitrogens with zero attached hydrogens (tertiary/aromatic N) is 1. The highest BCUT2D eigenvalue weighted by molar-refractivity contribution is 6.35. The molecular weight excluding hydrogens is 394 g/mol. The lowest BCUT2D eigenvalue weighted by atomic mass is 9.82. The molecule has 30 heavy (non-hydrogen) atoms. The summed E-state index contributed by atoms with van der Waals surface area (Å²) in [5.41, 5.74) is 4.15. The number of aromatic nitrogens is 1. The normalized spacial score (nSPS) is 12.4. The fourth-order valence-corrected chi connectivity index (χ4v) is 3.85. The minimum Gasteiger partial charge on any atom is -0.507 e. The van der Waals surface area contributed by atoms with Crippen LogP contribution in [0.3, 0.4) is 0 Å². The fraction of sp³-hybridized carbons (Fsp3) is 0.385. The lowest BCUT2D eigenvalue weighted by Crippen LogP contribution is -2.15. The number of halogens is 1. The Bertz CT molecular complexity index is 1220. The van der Waals surface area contributed by atoms with E-state index in [4.69, 9.17) is 16.6 Å². The van der Waals surface area contributed by atoms with E-state index < -0.39 is 0 Å². The van der Waals surface area contributed by atoms with Gasteiger partial charge in [-0.15, -0.1) is 0 Å². The number of fused-ring (bicyclic) bond motifs is 1. The maximum atomic E-state index is 13.3. The number of hydrogen-bond donors (Lipinski definition) is 1. The number of benzene rings is 1. The first-order valence-electron chi connectivity index (χ1n) is 10.2. The number of rotatable bonds is 1. The maximum absolute atomic E-state index is 13.3. The van der Waals surface area contributed by atoms with Crippen LogP contribution in [0.4, 0.5) is 0 Å². The van der Waals surface area contributed by atoms with Crippen molar-refractivity contribution < 1.29 is 5.11 Å². The van der Waals surface area contributed by atoms with E-state index in [1.807, 2.05) is 52.8 Å². The lowest BCUT2D eigenvalue weighted by Gasteiger charge is -2.23. The Kier molecular flexibility index (Phi) is 5.49. The molecule has 1 heterocycles. The molecule has 3 nitrogen and oxygen atoms in total. The van der Waals surface area contributed by atoms with Crippen LogP contribution < -0.4 is 5.43 Å². The number of aryl methyl sites for hydroxylation is 2. The lowest BCUT2D eigenvalue weighted by molar-refractivity contribution is 0.448. The zero-order valence-corrected chi connectivity index (χ0v) is 19.8. The van der Waals surface area contributed by atoms with E-state index in [1.165, 1.54) is 0 Å². The van der Waals surface area contributed by atoms with Crippen LogP contribution in [0.2, 0.25) is 5.02 Å². The molecule has 4 heteroatoms. The Labute approximate surface area is 183 Å². The summed E-state index contributed by atoms with van der Waals surface area (Å²) in [5.74, 6) is -0.0313. The summed E-state index contributed by atoms with van der Waals surface area (Å²) >= 11 is 6.58. The molecular formula is C26H30ClNO2. The predicted molar refractivity (Wildman–Crippen MR) is 127 cm³/mol. The summed E-state index contributed by atoms with van der Waals surface area (Å²) < 4.78 is 0. The molecule has 0 aliphatic carbocycles. The van der Waals surface area contributed by atoms with Gasteiger partial charge in [-0.3, -0.25) is 4.79 Å². The van der Waals surface area contributed by atoms with Gasteiger partial charge in [0.05, 0.1) is 21.8 Å². The van der Waals surface area contributed by atoms with Crippen molar-refractivity contribution in [2.45, 2.75) is 66.2 Å². The predicted octanol–water partition coefficient (Wildman–Crippen LogP) is 6.83. The third kappa shape index (κ3) is 3.96. The van der Waals surface area contributed by atoms with E-state index in [1.54, 1.807) is 12.1 Å². The van der Waals surface area contributed by atoms with Crippen LogP contribution in [0.15, 0.2) is 35.1 Å². The minimum absolute atomic E-state index is 0.0313. The van der Waals surface area contributed by atoms with Crippen molar-refractivity contribution >= 4 is 22.5 Å². The van der Waals surface area contributed by atoms with Crippen LogP contribution >= 0.6 is 11.6 Å². The molecule has 2 aromatic carbocycles. The van der Waals surface area contributed by atoms with Gasteiger partial charge in [0.25, 0.3) is 0 Å². The zero-order chi connectivity index (χ0) is 22.6. The van der Waals surface area contributed by atoms with Gasteiger partial charge in [0.1, 0.15) is 5.75 Å². The van der Waals surface area contributed by atoms with Gasteiger partial charge >= 0.3 is 0 Å². The Hall–Kier alpha value is -2.39. The average Bonchev–Trinajstić information content (AvgIpc) is 2.73. The highest BCUT2D eigenvalue weighted by atomic mass is 35.5. The van der Waals surface area contributed by atoms with Crippen molar-refractivity contribution in [2.24, 2.45) is 0 Å². The van der Waals surface area contributed by atoms with Crippen molar-refractivity contribution in [3.8, 4) is 17.0 Å². The maximum Gasteiger partial charge on any atom is 0.192 e. The molecule has 0 fully saturated rings. The molecule has 0 aliphatic rings. The van der Waals surface area contributed by atoms with Gasteiger partial charge in [-0.05, 0) is 53.5 Å². The molecule has 1 aromatic heterocycles. The first-order valence-corrected chi connectivity index (χ1v) is 10.6. The van der Waals surface area contributed by atoms with Gasteiger partial charge in [0, 0.05) is 10.9 Å². The second-order valence-electron chi connectivity index (χ2n) is 10.1. The van der Waals surface area contributed by atoms with Gasteiger partial charge in [-0.25, -0.2) is 4.98 Å². The van der Waals surface area contributed by atoms with Crippen molar-refractivity contribution in [2.75, 3.05) is 0 Å². The van der Waals surface area contributed by atoms with Crippen LogP contribution in [0.5, 0.6) is 5.75 Å². The van der Waals surface area contributed by atoms with Gasteiger partial charge < -0.3 is 5.11 Å². The Morgan fingerprint density at radius 2 is 1.57 bits per heavy atom. The summed E-state index contributed by atoms with van der Waals surface area (Å²) in [6, 6.07) is 9.19. The van der Waals surface area contributed by atoms with Crippen molar-refractivity contribution in [3.63, 3.8) is 0 Å². The molecule has 0 saturated carbocycles. The standard InChI is InChI=1S/C26H30ClNO2/c1-14-9-10-17-19(27)13-20(28-23(17)15(14)2)22-21(29)12-16(25(3,4)5)11-18(24(22)30)26(6,7)8/h9-13,30H,1-8H3. The molecule has 3 rings (SSSR count). The molecule has 0 amide bonds. The van der Waals surface area contributed by atoms with Gasteiger partial charge in [0.2, 0.25) is 0 Å². The molecule has 1 N–H and O–H groups in total. The molecule has 0 unspecified atom stereocenters. The molecule has 0 aliphatic heterocycles. The van der Waals surface area contributed by atoms with E-state index in [0.29, 0.717) is 16.3 Å². The highest BCUT2D eigenvalue weighted by Gasteiger charge is 2.26. The monoisotopic (exact) mass is 423 g/mol. The largest absolute Gasteiger partial charge is 0.507 e. The van der Waals surface area contributed by atoms with Gasteiger partial charge in [-0.1, -0.05) is 71.3 Å². The fourth-order valence-electron chi connectivity index (χ4n) is 3.60. The number of hydrogen-bond acceptors (Lipinski definition) is 3. The topological polar surface area (TPSA) is 50.2 Å². The quantitative estimate of drug-likeness (QED) is 0.466. The molecule has 0 bridgehead atoms. The molecule has 0 saturated heterocycles. The number of aromatic hydroxyl groups is 1. The van der Waals surface area contributed by atoms with Crippen molar-refractivity contribution in [1.29, 1.82) is 0 Å². The first-order chi connectivity index (χ1) is 13.7. The van der Waals surface area contributed by atoms with E-state index in [9.17, 15) is 9.90 Å². The molecule has 0 atom stereocenters. The van der Waals surface area contributed by atoms with Crippen LogP contribution in [-0.4, -0.2) is 10.1 Å². The van der Waals surface area contributed by atoms with Crippen molar-refractivity contribution in [1.82, 2.24) is 4.98 Å². The second kappa shape index (κ2) is 7.39. The van der Waals surface area contributed by atoms with Crippen LogP contribution in [0, 0.1) is 13.8 Å². The van der Waals surface area contributed by atoms with Crippen LogP contribution in [-0.2, 0) is 10.8 Å². The third-order valence-corrected chi connectivity index (χ3v) is 6.02. The molecule has 0 spiro atoms. The van der Waals surface area contributed by atoms with Gasteiger partial charge in [0.15, 0.2) is 5.43 Å². The summed E-state index contributed by atoms with van der Waals surface area (Å²) in [7, 11) is 0. The van der Waals surface area contributed by atoms with E-state index in [-0.39, 0.29) is 27.6 Å². The van der Waals surface area contributed by atoms with E-state index in [2.05, 4.69) is 20.8 Å². The highest BCUT2D eigenvalue weighted by Crippen LogP contribution is 2.39. The molecule has 0 radical (unpaired) electrons. The Morgan fingerprint density at radius 3 is 2.13 bits per heavy atom. The average molecular weight is 424 g/mol. The Morgan fingerprint density at radius 1 is 0.933 bits per heavy atom. The molecule has 3 aromatic rings. The molecule has 158 valence electrons. The first kappa shape index (κ1) is 22.3. The second-order valence-corrected chi connectivity index (χ2v) is 10.5. The van der Waals surface area contributed by atoms with Crippen LogP contribution in [0.1, 0.15) is 63.8 Å². The van der Waals surface area contributed by atoms with E-state index >= 15 is 0 Å². The van der Waals surface area contributed by atoms with Crippen LogP contribution in [0.25, 0.3) is 22.2 Å². The third-order valence-electron chi connectivity index (χ3n) is 5.71. The van der Waals surface area contributed by atoms with Gasteiger partial charge in [-0.2, -0.15) is 0 Å². The zero-order valence-electron chi connectivity index (χ0n) is 19.1. The summed E-state index contributed by atoms with van der Waals surface area (Å²) in [6.45, 7) is 16.3. The van der Waals surface area contributed by atoms with Crippen molar-refractivity contribution in [3.05, 3.63) is 67.8 Å². The smallest absolute Gasteiger partial charge is 0.192 e. The Balaban J connectivity index is 2.49. The summed E-state index contributed by atoms with van der Waals surface area (Å²) in [6.07, 6.45) is 0. The van der Waals surface area contributed by atoms with E-state index in [0.717, 1.165) is 27.6 Å². The number of pyridine rings is 1. The SMILES string of the molecule is Cc1ccc2c(Cl)cc(-c3c(O)c(C(C)(C)C)cc(C(C)(C)C)cc3=O)nc2c1C. The summed E-state index contributed by atoms with van der Waals surface area (Å²) in [5, 5.41) is 12.7. The summed E-state index contributed by atoms with van der Waals surface area (Å²) in [4.78, 5) is 18.1. The minimum atomic E-state index is -0.364.